The van der Waals surface area contributed by atoms with Gasteiger partial charge in [0, 0.05) is 38.3 Å². The second-order valence-electron chi connectivity index (χ2n) is 14.9. The van der Waals surface area contributed by atoms with Crippen molar-refractivity contribution in [3.8, 4) is 51.0 Å². The Morgan fingerprint density at radius 2 is 0.963 bits per heavy atom. The molecule has 0 saturated heterocycles. The predicted molar refractivity (Wildman–Crippen MR) is 223 cm³/mol. The zero-order chi connectivity index (χ0) is 36.0. The molecule has 0 radical (unpaired) electrons. The Balaban J connectivity index is 1.14. The molecule has 54 heavy (non-hydrogen) atoms. The average Bonchev–Trinajstić information content (AvgIpc) is 3.66. The molecule has 0 bridgehead atoms. The molecule has 1 aliphatic carbocycles. The van der Waals surface area contributed by atoms with Gasteiger partial charge >= 0.3 is 0 Å². The largest absolute Gasteiger partial charge is 0.309 e. The van der Waals surface area contributed by atoms with Crippen molar-refractivity contribution in [2.45, 2.75) is 19.3 Å². The van der Waals surface area contributed by atoms with Crippen LogP contribution in [0.15, 0.2) is 170 Å². The lowest BCUT2D eigenvalue weighted by Gasteiger charge is -2.22. The standard InChI is InChI=1S/C50H34N4/c1-50(2)42-28-35-19-10-9-18-34(35)26-39(42)40-29-41-37-21-11-12-22-44(37)54(46(41)30-43(40)50)45-23-13-20-31-24-25-36(27-38(31)45)49-52-47(32-14-5-3-6-15-32)51-48(53-49)33-16-7-4-8-17-33/h3-30H,1-2H3. The number of benzene rings is 8. The molecular weight excluding hydrogens is 657 g/mol. The predicted octanol–water partition coefficient (Wildman–Crippen LogP) is 12.6. The zero-order valence-electron chi connectivity index (χ0n) is 30.0. The van der Waals surface area contributed by atoms with E-state index in [1.807, 2.05) is 60.7 Å². The molecule has 2 aromatic heterocycles. The number of aromatic nitrogens is 4. The van der Waals surface area contributed by atoms with Gasteiger partial charge in [0.05, 0.1) is 16.7 Å². The monoisotopic (exact) mass is 690 g/mol. The highest BCUT2D eigenvalue weighted by Gasteiger charge is 2.37. The highest BCUT2D eigenvalue weighted by Crippen LogP contribution is 2.52. The van der Waals surface area contributed by atoms with Crippen LogP contribution in [-0.2, 0) is 5.41 Å². The first kappa shape index (κ1) is 30.7. The molecule has 4 heteroatoms. The molecule has 0 saturated carbocycles. The summed E-state index contributed by atoms with van der Waals surface area (Å²) in [4.78, 5) is 15.1. The molecule has 11 rings (SSSR count). The third-order valence-electron chi connectivity index (χ3n) is 11.4. The van der Waals surface area contributed by atoms with E-state index in [-0.39, 0.29) is 5.41 Å². The molecule has 0 unspecified atom stereocenters. The van der Waals surface area contributed by atoms with Crippen molar-refractivity contribution in [1.82, 2.24) is 19.5 Å². The summed E-state index contributed by atoms with van der Waals surface area (Å²) >= 11 is 0. The smallest absolute Gasteiger partial charge is 0.164 e. The second-order valence-corrected chi connectivity index (χ2v) is 14.9. The van der Waals surface area contributed by atoms with Gasteiger partial charge in [-0.3, -0.25) is 0 Å². The summed E-state index contributed by atoms with van der Waals surface area (Å²) < 4.78 is 2.46. The van der Waals surface area contributed by atoms with Crippen LogP contribution in [-0.4, -0.2) is 19.5 Å². The van der Waals surface area contributed by atoms with Crippen LogP contribution in [0.3, 0.4) is 0 Å². The minimum Gasteiger partial charge on any atom is -0.309 e. The van der Waals surface area contributed by atoms with Crippen molar-refractivity contribution < 1.29 is 0 Å². The maximum Gasteiger partial charge on any atom is 0.164 e. The first-order valence-corrected chi connectivity index (χ1v) is 18.5. The lowest BCUT2D eigenvalue weighted by molar-refractivity contribution is 0.662. The molecule has 0 spiro atoms. The summed E-state index contributed by atoms with van der Waals surface area (Å²) in [6.45, 7) is 4.75. The Kier molecular flexibility index (Phi) is 6.56. The zero-order valence-corrected chi connectivity index (χ0v) is 30.0. The number of nitrogens with zero attached hydrogens (tertiary/aromatic N) is 4. The van der Waals surface area contributed by atoms with Crippen LogP contribution < -0.4 is 0 Å². The summed E-state index contributed by atoms with van der Waals surface area (Å²) in [6, 6.07) is 60.7. The fraction of sp³-hybridized carbons (Fsp3) is 0.0600. The van der Waals surface area contributed by atoms with Gasteiger partial charge < -0.3 is 4.57 Å². The topological polar surface area (TPSA) is 43.6 Å². The van der Waals surface area contributed by atoms with Crippen LogP contribution in [0.1, 0.15) is 25.0 Å². The van der Waals surface area contributed by atoms with Crippen molar-refractivity contribution in [3.05, 3.63) is 181 Å². The van der Waals surface area contributed by atoms with Gasteiger partial charge in [0.25, 0.3) is 0 Å². The Morgan fingerprint density at radius 3 is 1.69 bits per heavy atom. The lowest BCUT2D eigenvalue weighted by Crippen LogP contribution is -2.15. The molecule has 0 amide bonds. The first-order valence-electron chi connectivity index (χ1n) is 18.5. The molecule has 0 aliphatic heterocycles. The van der Waals surface area contributed by atoms with Crippen molar-refractivity contribution >= 4 is 43.4 Å². The fourth-order valence-electron chi connectivity index (χ4n) is 8.67. The molecule has 2 heterocycles. The molecular formula is C50H34N4. The van der Waals surface area contributed by atoms with Crippen molar-refractivity contribution in [2.24, 2.45) is 0 Å². The van der Waals surface area contributed by atoms with Crippen molar-refractivity contribution in [1.29, 1.82) is 0 Å². The maximum atomic E-state index is 5.06. The number of para-hydroxylation sites is 1. The van der Waals surface area contributed by atoms with Crippen LogP contribution in [0, 0.1) is 0 Å². The van der Waals surface area contributed by atoms with Crippen LogP contribution >= 0.6 is 0 Å². The number of hydrogen-bond donors (Lipinski definition) is 0. The Labute approximate surface area is 313 Å². The molecule has 8 aromatic carbocycles. The average molecular weight is 691 g/mol. The van der Waals surface area contributed by atoms with E-state index >= 15 is 0 Å². The molecule has 0 fully saturated rings. The van der Waals surface area contributed by atoms with Crippen LogP contribution in [0.2, 0.25) is 0 Å². The summed E-state index contributed by atoms with van der Waals surface area (Å²) in [5.74, 6) is 1.95. The number of rotatable bonds is 4. The van der Waals surface area contributed by atoms with Crippen LogP contribution in [0.4, 0.5) is 0 Å². The molecule has 4 nitrogen and oxygen atoms in total. The van der Waals surface area contributed by atoms with E-state index in [1.165, 1.54) is 54.8 Å². The van der Waals surface area contributed by atoms with Gasteiger partial charge in [-0.05, 0) is 80.9 Å². The summed E-state index contributed by atoms with van der Waals surface area (Å²) in [7, 11) is 0. The van der Waals surface area contributed by atoms with Gasteiger partial charge in [0.1, 0.15) is 0 Å². The van der Waals surface area contributed by atoms with Gasteiger partial charge in [-0.2, -0.15) is 0 Å². The van der Waals surface area contributed by atoms with Gasteiger partial charge in [-0.15, -0.1) is 0 Å². The van der Waals surface area contributed by atoms with E-state index in [4.69, 9.17) is 15.0 Å². The summed E-state index contributed by atoms with van der Waals surface area (Å²) in [6.07, 6.45) is 0. The van der Waals surface area contributed by atoms with Gasteiger partial charge in [0.2, 0.25) is 0 Å². The van der Waals surface area contributed by atoms with E-state index in [9.17, 15) is 0 Å². The minimum atomic E-state index is -0.151. The molecule has 10 aromatic rings. The number of fused-ring (bicyclic) bond motifs is 8. The molecule has 254 valence electrons. The van der Waals surface area contributed by atoms with E-state index in [0.29, 0.717) is 17.5 Å². The van der Waals surface area contributed by atoms with E-state index in [2.05, 4.69) is 128 Å². The maximum absolute atomic E-state index is 5.06. The molecule has 1 aliphatic rings. The quantitative estimate of drug-likeness (QED) is 0.185. The molecule has 0 N–H and O–H groups in total. The first-order chi connectivity index (χ1) is 26.5. The van der Waals surface area contributed by atoms with E-state index < -0.39 is 0 Å². The minimum absolute atomic E-state index is 0.151. The second kappa shape index (κ2) is 11.5. The van der Waals surface area contributed by atoms with E-state index in [0.717, 1.165) is 33.2 Å². The Hall–Kier alpha value is -6.91. The van der Waals surface area contributed by atoms with Gasteiger partial charge in [-0.25, -0.2) is 15.0 Å². The highest BCUT2D eigenvalue weighted by molar-refractivity contribution is 6.13. The Bertz CT molecular complexity index is 3060. The van der Waals surface area contributed by atoms with Crippen LogP contribution in [0.5, 0.6) is 0 Å². The summed E-state index contributed by atoms with van der Waals surface area (Å²) in [5.41, 5.74) is 11.6. The van der Waals surface area contributed by atoms with Crippen molar-refractivity contribution in [2.75, 3.05) is 0 Å². The van der Waals surface area contributed by atoms with Crippen molar-refractivity contribution in [3.63, 3.8) is 0 Å². The Morgan fingerprint density at radius 1 is 0.389 bits per heavy atom. The highest BCUT2D eigenvalue weighted by atomic mass is 15.0. The SMILES string of the molecule is CC1(C)c2cc3ccccc3cc2-c2cc3c4ccccc4n(-c4cccc5ccc(-c6nc(-c7ccccc7)nc(-c7ccccc7)n6)cc45)c3cc21. The third-order valence-corrected chi connectivity index (χ3v) is 11.4. The van der Waals surface area contributed by atoms with E-state index in [1.54, 1.807) is 0 Å². The third kappa shape index (κ3) is 4.60. The van der Waals surface area contributed by atoms with Gasteiger partial charge in [0.15, 0.2) is 17.5 Å². The normalized spacial score (nSPS) is 13.1. The van der Waals surface area contributed by atoms with Crippen LogP contribution in [0.25, 0.3) is 94.3 Å². The lowest BCUT2D eigenvalue weighted by atomic mass is 9.81. The van der Waals surface area contributed by atoms with Gasteiger partial charge in [-0.1, -0.05) is 141 Å². The number of hydrogen-bond acceptors (Lipinski definition) is 3. The fourth-order valence-corrected chi connectivity index (χ4v) is 8.67. The summed E-state index contributed by atoms with van der Waals surface area (Å²) in [5, 5.41) is 7.35. The molecule has 0 atom stereocenters.